The van der Waals surface area contributed by atoms with Crippen LogP contribution in [0.1, 0.15) is 12.5 Å². The van der Waals surface area contributed by atoms with Crippen molar-refractivity contribution in [2.24, 2.45) is 0 Å². The molecule has 10 heteroatoms. The van der Waals surface area contributed by atoms with Crippen LogP contribution in [0, 0.1) is 23.3 Å². The molecule has 2 N–H and O–H groups in total. The van der Waals surface area contributed by atoms with Crippen molar-refractivity contribution in [2.75, 3.05) is 25.4 Å². The zero-order valence-corrected chi connectivity index (χ0v) is 13.1. The lowest BCUT2D eigenvalue weighted by atomic mass is 10.1. The maximum atomic E-state index is 13.3. The molecule has 0 aromatic heterocycles. The summed E-state index contributed by atoms with van der Waals surface area (Å²) < 4.78 is 84.5. The van der Waals surface area contributed by atoms with Crippen LogP contribution in [0.4, 0.5) is 17.6 Å². The van der Waals surface area contributed by atoms with Crippen LogP contribution < -0.4 is 5.32 Å². The Morgan fingerprint density at radius 1 is 1.26 bits per heavy atom. The lowest BCUT2D eigenvalue weighted by Gasteiger charge is -2.24. The first-order valence-corrected chi connectivity index (χ1v) is 8.36. The fourth-order valence-electron chi connectivity index (χ4n) is 1.77. The van der Waals surface area contributed by atoms with Crippen LogP contribution in [0.25, 0.3) is 0 Å². The molecule has 1 heterocycles. The third-order valence-electron chi connectivity index (χ3n) is 3.01. The summed E-state index contributed by atoms with van der Waals surface area (Å²) in [4.78, 5) is 0. The Morgan fingerprint density at radius 3 is 2.35 bits per heavy atom. The molecule has 0 radical (unpaired) electrons. The molecule has 1 aliphatic heterocycles. The zero-order valence-electron chi connectivity index (χ0n) is 12.3. The van der Waals surface area contributed by atoms with Crippen LogP contribution in [0.2, 0.25) is 0 Å². The number of hydrogen-bond donors (Lipinski definition) is 2. The zero-order chi connectivity index (χ0) is 17.6. The van der Waals surface area contributed by atoms with Gasteiger partial charge < -0.3 is 10.1 Å². The Morgan fingerprint density at radius 2 is 1.87 bits per heavy atom. The molecule has 0 bridgehead atoms. The highest BCUT2D eigenvalue weighted by Crippen LogP contribution is 2.21. The molecule has 1 aromatic rings. The molecule has 1 fully saturated rings. The van der Waals surface area contributed by atoms with Crippen LogP contribution in [0.5, 0.6) is 0 Å². The fourth-order valence-corrected chi connectivity index (χ4v) is 1.77. The summed E-state index contributed by atoms with van der Waals surface area (Å²) in [6.07, 6.45) is -0.556. The van der Waals surface area contributed by atoms with E-state index >= 15 is 0 Å². The molecule has 0 amide bonds. The van der Waals surface area contributed by atoms with E-state index in [-0.39, 0.29) is 12.2 Å². The minimum atomic E-state index is -3.66. The SMILES string of the molecule is CCS(=O)(=O)O.Fc1cc(F)c(CC2CNCCO2)c(F)c1F. The van der Waals surface area contributed by atoms with E-state index < -0.39 is 45.1 Å². The highest BCUT2D eigenvalue weighted by Gasteiger charge is 2.23. The quantitative estimate of drug-likeness (QED) is 0.372. The molecule has 1 saturated heterocycles. The summed E-state index contributed by atoms with van der Waals surface area (Å²) in [7, 11) is -3.66. The first-order valence-electron chi connectivity index (χ1n) is 6.75. The van der Waals surface area contributed by atoms with Crippen molar-refractivity contribution in [1.29, 1.82) is 0 Å². The average molecular weight is 359 g/mol. The second-order valence-corrected chi connectivity index (χ2v) is 6.46. The molecule has 0 saturated carbocycles. The fraction of sp³-hybridized carbons (Fsp3) is 0.538. The maximum absolute atomic E-state index is 13.3. The average Bonchev–Trinajstić information content (AvgIpc) is 2.50. The highest BCUT2D eigenvalue weighted by atomic mass is 32.2. The number of ether oxygens (including phenoxy) is 1. The minimum Gasteiger partial charge on any atom is -0.375 e. The van der Waals surface area contributed by atoms with Crippen molar-refractivity contribution < 1.29 is 35.3 Å². The summed E-state index contributed by atoms with van der Waals surface area (Å²) in [6, 6.07) is 0.351. The first-order chi connectivity index (χ1) is 10.7. The van der Waals surface area contributed by atoms with Gasteiger partial charge in [-0.2, -0.15) is 8.42 Å². The number of rotatable bonds is 3. The monoisotopic (exact) mass is 359 g/mol. The van der Waals surface area contributed by atoms with Crippen LogP contribution in [-0.2, 0) is 21.3 Å². The van der Waals surface area contributed by atoms with Crippen molar-refractivity contribution in [3.8, 4) is 0 Å². The maximum Gasteiger partial charge on any atom is 0.264 e. The van der Waals surface area contributed by atoms with E-state index in [0.717, 1.165) is 0 Å². The van der Waals surface area contributed by atoms with E-state index in [2.05, 4.69) is 5.32 Å². The molecule has 1 unspecified atom stereocenters. The molecule has 2 rings (SSSR count). The van der Waals surface area contributed by atoms with Crippen molar-refractivity contribution >= 4 is 10.1 Å². The molecular weight excluding hydrogens is 342 g/mol. The third kappa shape index (κ3) is 6.42. The number of benzene rings is 1. The molecule has 1 atom stereocenters. The summed E-state index contributed by atoms with van der Waals surface area (Å²) >= 11 is 0. The van der Waals surface area contributed by atoms with E-state index in [4.69, 9.17) is 9.29 Å². The van der Waals surface area contributed by atoms with Gasteiger partial charge in [0.1, 0.15) is 5.82 Å². The molecule has 1 aliphatic rings. The van der Waals surface area contributed by atoms with Gasteiger partial charge in [0.25, 0.3) is 10.1 Å². The Labute approximate surface area is 131 Å². The van der Waals surface area contributed by atoms with Crippen LogP contribution in [0.15, 0.2) is 6.07 Å². The van der Waals surface area contributed by atoms with E-state index in [9.17, 15) is 26.0 Å². The standard InChI is InChI=1S/C11H11F4NO.C2H6O3S/c12-8-4-9(13)11(15)10(14)7(8)3-6-5-16-1-2-17-6;1-2-6(3,4)5/h4,6,16H,1-3,5H2;2H2,1H3,(H,3,4,5). The van der Waals surface area contributed by atoms with Gasteiger partial charge >= 0.3 is 0 Å². The van der Waals surface area contributed by atoms with Gasteiger partial charge in [-0.1, -0.05) is 0 Å². The van der Waals surface area contributed by atoms with Gasteiger partial charge in [-0.05, 0) is 6.92 Å². The minimum absolute atomic E-state index is 0.123. The topological polar surface area (TPSA) is 75.6 Å². The molecule has 0 aliphatic carbocycles. The number of morpholine rings is 1. The van der Waals surface area contributed by atoms with Gasteiger partial charge in [-0.3, -0.25) is 4.55 Å². The van der Waals surface area contributed by atoms with Crippen molar-refractivity contribution in [3.05, 3.63) is 34.9 Å². The van der Waals surface area contributed by atoms with Crippen LogP contribution in [0.3, 0.4) is 0 Å². The molecule has 5 nitrogen and oxygen atoms in total. The van der Waals surface area contributed by atoms with Crippen molar-refractivity contribution in [1.82, 2.24) is 5.32 Å². The first kappa shape index (κ1) is 19.8. The van der Waals surface area contributed by atoms with E-state index in [1.807, 2.05) is 0 Å². The molecule has 0 spiro atoms. The second-order valence-electron chi connectivity index (χ2n) is 4.72. The van der Waals surface area contributed by atoms with Gasteiger partial charge in [0.15, 0.2) is 17.5 Å². The lowest BCUT2D eigenvalue weighted by molar-refractivity contribution is 0.0281. The lowest BCUT2D eigenvalue weighted by Crippen LogP contribution is -2.40. The van der Waals surface area contributed by atoms with Gasteiger partial charge in [-0.15, -0.1) is 0 Å². The largest absolute Gasteiger partial charge is 0.375 e. The normalized spacial score (nSPS) is 18.3. The molecular formula is C13H17F4NO4S. The molecule has 132 valence electrons. The van der Waals surface area contributed by atoms with Gasteiger partial charge in [0.2, 0.25) is 0 Å². The smallest absolute Gasteiger partial charge is 0.264 e. The van der Waals surface area contributed by atoms with Crippen molar-refractivity contribution in [2.45, 2.75) is 19.4 Å². The Bertz CT molecular complexity index is 633. The highest BCUT2D eigenvalue weighted by molar-refractivity contribution is 7.85. The molecule has 1 aromatic carbocycles. The van der Waals surface area contributed by atoms with Crippen LogP contribution >= 0.6 is 0 Å². The van der Waals surface area contributed by atoms with E-state index in [1.165, 1.54) is 6.92 Å². The van der Waals surface area contributed by atoms with Gasteiger partial charge in [0, 0.05) is 31.1 Å². The Balaban J connectivity index is 0.000000379. The van der Waals surface area contributed by atoms with E-state index in [1.54, 1.807) is 0 Å². The summed E-state index contributed by atoms with van der Waals surface area (Å²) in [5.74, 6) is -5.93. The molecule has 23 heavy (non-hydrogen) atoms. The predicted molar refractivity (Wildman–Crippen MR) is 74.7 cm³/mol. The number of hydrogen-bond acceptors (Lipinski definition) is 4. The van der Waals surface area contributed by atoms with Gasteiger partial charge in [0.05, 0.1) is 18.5 Å². The summed E-state index contributed by atoms with van der Waals surface area (Å²) in [5, 5.41) is 2.98. The third-order valence-corrected chi connectivity index (χ3v) is 3.74. The second kappa shape index (κ2) is 8.57. The Kier molecular flexibility index (Phi) is 7.39. The summed E-state index contributed by atoms with van der Waals surface area (Å²) in [6.45, 7) is 2.89. The van der Waals surface area contributed by atoms with Crippen molar-refractivity contribution in [3.63, 3.8) is 0 Å². The predicted octanol–water partition coefficient (Wildman–Crippen LogP) is 1.67. The van der Waals surface area contributed by atoms with Gasteiger partial charge in [-0.25, -0.2) is 17.6 Å². The number of halogens is 4. The Hall–Kier alpha value is -1.23. The summed E-state index contributed by atoms with van der Waals surface area (Å²) in [5.41, 5.74) is -0.474. The van der Waals surface area contributed by atoms with E-state index in [0.29, 0.717) is 25.8 Å². The van der Waals surface area contributed by atoms with Crippen LogP contribution in [-0.4, -0.2) is 44.5 Å². The number of nitrogens with one attached hydrogen (secondary N) is 1.